The van der Waals surface area contributed by atoms with Crippen LogP contribution in [0.4, 0.5) is 0 Å². The van der Waals surface area contributed by atoms with E-state index in [9.17, 15) is 8.42 Å². The van der Waals surface area contributed by atoms with Crippen LogP contribution in [0.3, 0.4) is 0 Å². The molecule has 0 spiro atoms. The van der Waals surface area contributed by atoms with Crippen molar-refractivity contribution in [3.63, 3.8) is 0 Å². The number of likely N-dealkylation sites (tertiary alicyclic amines) is 1. The summed E-state index contributed by atoms with van der Waals surface area (Å²) >= 11 is 0. The minimum atomic E-state index is -3.55. The van der Waals surface area contributed by atoms with Gasteiger partial charge in [0.2, 0.25) is 10.0 Å². The Balaban J connectivity index is 1.54. The third-order valence-electron chi connectivity index (χ3n) is 6.16. The minimum absolute atomic E-state index is 0.00000207. The molecule has 0 radical (unpaired) electrons. The maximum atomic E-state index is 13.0. The topological polar surface area (TPSA) is 58.6 Å². The molecule has 0 aromatic heterocycles. The monoisotopic (exact) mass is 414 g/mol. The van der Waals surface area contributed by atoms with Crippen LogP contribution in [0.1, 0.15) is 48.4 Å². The van der Waals surface area contributed by atoms with E-state index in [0.717, 1.165) is 56.5 Å². The fourth-order valence-corrected chi connectivity index (χ4v) is 5.60. The summed E-state index contributed by atoms with van der Waals surface area (Å²) in [6.07, 6.45) is 6.65. The van der Waals surface area contributed by atoms with Gasteiger partial charge in [0, 0.05) is 12.6 Å². The van der Waals surface area contributed by atoms with Crippen molar-refractivity contribution in [2.75, 3.05) is 26.7 Å². The molecule has 1 fully saturated rings. The highest BCUT2D eigenvalue weighted by Gasteiger charge is 2.26. The summed E-state index contributed by atoms with van der Waals surface area (Å²) in [5, 5.41) is 0. The van der Waals surface area contributed by atoms with Crippen LogP contribution < -0.4 is 9.46 Å². The highest BCUT2D eigenvalue weighted by atomic mass is 32.2. The molecule has 1 aliphatic heterocycles. The second-order valence-electron chi connectivity index (χ2n) is 8.03. The first kappa shape index (κ1) is 20.4. The molecule has 6 heteroatoms. The summed E-state index contributed by atoms with van der Waals surface area (Å²) in [6, 6.07) is 13.6. The summed E-state index contributed by atoms with van der Waals surface area (Å²) in [5.41, 5.74) is 3.56. The largest absolute Gasteiger partial charge is 0.497 e. The SMILES string of the molecule is COc1cccc(C(CNS(=O)(=O)c2ccc3c(c2)CCCC3)N2CCCC2)c1. The molecule has 1 heterocycles. The molecule has 0 amide bonds. The van der Waals surface area contributed by atoms with Gasteiger partial charge in [-0.05, 0) is 92.6 Å². The number of methoxy groups -OCH3 is 1. The van der Waals surface area contributed by atoms with Gasteiger partial charge in [-0.2, -0.15) is 0 Å². The van der Waals surface area contributed by atoms with Gasteiger partial charge in [0.1, 0.15) is 5.75 Å². The van der Waals surface area contributed by atoms with Crippen molar-refractivity contribution in [2.24, 2.45) is 0 Å². The lowest BCUT2D eigenvalue weighted by Crippen LogP contribution is -2.36. The van der Waals surface area contributed by atoms with Gasteiger partial charge in [-0.1, -0.05) is 18.2 Å². The number of fused-ring (bicyclic) bond motifs is 1. The lowest BCUT2D eigenvalue weighted by atomic mass is 9.92. The van der Waals surface area contributed by atoms with Gasteiger partial charge in [0.15, 0.2) is 0 Å². The summed E-state index contributed by atoms with van der Waals surface area (Å²) < 4.78 is 34.3. The molecular formula is C23H30N2O3S. The Hall–Kier alpha value is -1.89. The van der Waals surface area contributed by atoms with E-state index in [0.29, 0.717) is 11.4 Å². The van der Waals surface area contributed by atoms with Crippen molar-refractivity contribution >= 4 is 10.0 Å². The molecular weight excluding hydrogens is 384 g/mol. The average Bonchev–Trinajstić information content (AvgIpc) is 3.28. The van der Waals surface area contributed by atoms with Crippen molar-refractivity contribution in [1.29, 1.82) is 0 Å². The Bertz CT molecular complexity index is 952. The van der Waals surface area contributed by atoms with E-state index in [1.165, 1.54) is 17.5 Å². The molecule has 1 unspecified atom stereocenters. The number of nitrogens with zero attached hydrogens (tertiary/aromatic N) is 1. The van der Waals surface area contributed by atoms with Crippen LogP contribution in [0.25, 0.3) is 0 Å². The number of hydrogen-bond acceptors (Lipinski definition) is 4. The lowest BCUT2D eigenvalue weighted by molar-refractivity contribution is 0.246. The third-order valence-corrected chi connectivity index (χ3v) is 7.58. The van der Waals surface area contributed by atoms with E-state index in [2.05, 4.69) is 15.7 Å². The normalized spacial score (nSPS) is 18.4. The summed E-state index contributed by atoms with van der Waals surface area (Å²) in [5.74, 6) is 0.796. The van der Waals surface area contributed by atoms with Crippen LogP contribution in [0.15, 0.2) is 47.4 Å². The molecule has 2 aliphatic rings. The molecule has 0 bridgehead atoms. The summed E-state index contributed by atoms with van der Waals surface area (Å²) in [6.45, 7) is 2.33. The first-order valence-electron chi connectivity index (χ1n) is 10.6. The molecule has 156 valence electrons. The molecule has 29 heavy (non-hydrogen) atoms. The van der Waals surface area contributed by atoms with Gasteiger partial charge in [0.05, 0.1) is 12.0 Å². The van der Waals surface area contributed by atoms with E-state index in [1.54, 1.807) is 13.2 Å². The number of rotatable bonds is 7. The molecule has 2 aromatic carbocycles. The maximum Gasteiger partial charge on any atom is 0.240 e. The zero-order valence-corrected chi connectivity index (χ0v) is 17.9. The Morgan fingerprint density at radius 3 is 2.52 bits per heavy atom. The quantitative estimate of drug-likeness (QED) is 0.751. The van der Waals surface area contributed by atoms with Crippen molar-refractivity contribution in [3.05, 3.63) is 59.2 Å². The van der Waals surface area contributed by atoms with Gasteiger partial charge in [-0.25, -0.2) is 13.1 Å². The third kappa shape index (κ3) is 4.65. The fourth-order valence-electron chi connectivity index (χ4n) is 4.51. The molecule has 1 N–H and O–H groups in total. The molecule has 1 saturated heterocycles. The lowest BCUT2D eigenvalue weighted by Gasteiger charge is -2.28. The highest BCUT2D eigenvalue weighted by molar-refractivity contribution is 7.89. The van der Waals surface area contributed by atoms with Crippen molar-refractivity contribution < 1.29 is 13.2 Å². The zero-order chi connectivity index (χ0) is 20.3. The predicted octanol–water partition coefficient (Wildman–Crippen LogP) is 3.69. The first-order chi connectivity index (χ1) is 14.1. The van der Waals surface area contributed by atoms with E-state index in [-0.39, 0.29) is 6.04 Å². The zero-order valence-electron chi connectivity index (χ0n) is 17.1. The van der Waals surface area contributed by atoms with Crippen LogP contribution in [-0.2, 0) is 22.9 Å². The Kier molecular flexibility index (Phi) is 6.23. The van der Waals surface area contributed by atoms with Gasteiger partial charge in [-0.3, -0.25) is 4.90 Å². The van der Waals surface area contributed by atoms with E-state index in [1.807, 2.05) is 30.3 Å². The number of sulfonamides is 1. The molecule has 1 aliphatic carbocycles. The second kappa shape index (κ2) is 8.86. The molecule has 1 atom stereocenters. The van der Waals surface area contributed by atoms with Crippen LogP contribution in [-0.4, -0.2) is 40.1 Å². The fraction of sp³-hybridized carbons (Fsp3) is 0.478. The van der Waals surface area contributed by atoms with Gasteiger partial charge in [0.25, 0.3) is 0 Å². The summed E-state index contributed by atoms with van der Waals surface area (Å²) in [7, 11) is -1.89. The summed E-state index contributed by atoms with van der Waals surface area (Å²) in [4.78, 5) is 2.74. The number of benzene rings is 2. The number of ether oxygens (including phenoxy) is 1. The molecule has 0 saturated carbocycles. The molecule has 2 aromatic rings. The van der Waals surface area contributed by atoms with Crippen molar-refractivity contribution in [1.82, 2.24) is 9.62 Å². The van der Waals surface area contributed by atoms with Crippen LogP contribution in [0.2, 0.25) is 0 Å². The van der Waals surface area contributed by atoms with E-state index in [4.69, 9.17) is 4.74 Å². The van der Waals surface area contributed by atoms with Crippen molar-refractivity contribution in [3.8, 4) is 5.75 Å². The first-order valence-corrected chi connectivity index (χ1v) is 12.0. The van der Waals surface area contributed by atoms with Gasteiger partial charge in [-0.15, -0.1) is 0 Å². The number of hydrogen-bond donors (Lipinski definition) is 1. The predicted molar refractivity (Wildman–Crippen MR) is 115 cm³/mol. The maximum absolute atomic E-state index is 13.0. The smallest absolute Gasteiger partial charge is 0.240 e. The van der Waals surface area contributed by atoms with Crippen LogP contribution in [0.5, 0.6) is 5.75 Å². The number of nitrogens with one attached hydrogen (secondary N) is 1. The van der Waals surface area contributed by atoms with E-state index >= 15 is 0 Å². The average molecular weight is 415 g/mol. The minimum Gasteiger partial charge on any atom is -0.497 e. The van der Waals surface area contributed by atoms with Gasteiger partial charge < -0.3 is 4.74 Å². The molecule has 5 nitrogen and oxygen atoms in total. The second-order valence-corrected chi connectivity index (χ2v) is 9.79. The van der Waals surface area contributed by atoms with Crippen molar-refractivity contribution in [2.45, 2.75) is 49.5 Å². The van der Waals surface area contributed by atoms with Crippen LogP contribution >= 0.6 is 0 Å². The Morgan fingerprint density at radius 2 is 1.76 bits per heavy atom. The van der Waals surface area contributed by atoms with Gasteiger partial charge >= 0.3 is 0 Å². The Labute approximate surface area is 174 Å². The molecule has 4 rings (SSSR count). The number of aryl methyl sites for hydroxylation is 2. The highest BCUT2D eigenvalue weighted by Crippen LogP contribution is 2.28. The van der Waals surface area contributed by atoms with Crippen LogP contribution in [0, 0.1) is 0 Å². The standard InChI is InChI=1S/C23H30N2O3S/c1-28-21-10-6-9-20(15-21)23(25-13-4-5-14-25)17-24-29(26,27)22-12-11-18-7-2-3-8-19(18)16-22/h6,9-12,15-16,23-24H,2-5,7-8,13-14,17H2,1H3. The van der Waals surface area contributed by atoms with E-state index < -0.39 is 10.0 Å². The Morgan fingerprint density at radius 1 is 1.00 bits per heavy atom.